The average molecular weight is 354 g/mol. The highest BCUT2D eigenvalue weighted by molar-refractivity contribution is 7.89. The van der Waals surface area contributed by atoms with Gasteiger partial charge in [-0.25, -0.2) is 13.4 Å². The summed E-state index contributed by atoms with van der Waals surface area (Å²) >= 11 is 0. The molecule has 2 N–H and O–H groups in total. The normalized spacial score (nSPS) is 29.3. The Labute approximate surface area is 144 Å². The molecule has 3 atom stereocenters. The highest BCUT2D eigenvalue weighted by atomic mass is 32.2. The average Bonchev–Trinajstić information content (AvgIpc) is 2.60. The molecule has 2 heterocycles. The summed E-state index contributed by atoms with van der Waals surface area (Å²) in [4.78, 5) is 3.42. The molecule has 0 unspecified atom stereocenters. The molecular formula is C17H28N3O3S+. The summed E-state index contributed by atoms with van der Waals surface area (Å²) in [6.07, 6.45) is 5.28. The number of morpholine rings is 1. The first-order valence-corrected chi connectivity index (χ1v) is 10.3. The number of aromatic amines is 1. The maximum absolute atomic E-state index is 12.6. The van der Waals surface area contributed by atoms with Crippen molar-refractivity contribution >= 4 is 15.8 Å². The second-order valence-corrected chi connectivity index (χ2v) is 8.91. The van der Waals surface area contributed by atoms with Crippen LogP contribution in [0.4, 0.5) is 5.82 Å². The van der Waals surface area contributed by atoms with Crippen LogP contribution in [0.15, 0.2) is 23.2 Å². The number of hydrogen-bond acceptors (Lipinski definition) is 4. The van der Waals surface area contributed by atoms with Crippen LogP contribution in [0, 0.1) is 11.8 Å². The molecule has 3 rings (SSSR count). The van der Waals surface area contributed by atoms with Crippen LogP contribution in [0.3, 0.4) is 0 Å². The van der Waals surface area contributed by atoms with Gasteiger partial charge in [0.1, 0.15) is 11.1 Å². The van der Waals surface area contributed by atoms with E-state index in [0.717, 1.165) is 18.2 Å². The quantitative estimate of drug-likeness (QED) is 0.894. The van der Waals surface area contributed by atoms with Gasteiger partial charge in [-0.3, -0.25) is 5.32 Å². The van der Waals surface area contributed by atoms with Gasteiger partial charge in [0.2, 0.25) is 10.0 Å². The number of sulfonamides is 1. The molecule has 1 aliphatic carbocycles. The minimum absolute atomic E-state index is 0.306. The fraction of sp³-hybridized carbons (Fsp3) is 0.706. The monoisotopic (exact) mass is 354 g/mol. The van der Waals surface area contributed by atoms with Gasteiger partial charge in [-0.1, -0.05) is 20.3 Å². The first kappa shape index (κ1) is 17.6. The molecule has 0 spiro atoms. The van der Waals surface area contributed by atoms with Crippen molar-refractivity contribution < 1.29 is 18.1 Å². The minimum atomic E-state index is -3.44. The second-order valence-electron chi connectivity index (χ2n) is 6.97. The molecule has 134 valence electrons. The Morgan fingerprint density at radius 1 is 1.21 bits per heavy atom. The zero-order valence-electron chi connectivity index (χ0n) is 14.5. The third-order valence-electron chi connectivity index (χ3n) is 5.44. The molecule has 0 aromatic carbocycles. The van der Waals surface area contributed by atoms with Crippen molar-refractivity contribution in [1.82, 2.24) is 4.31 Å². The first-order chi connectivity index (χ1) is 11.5. The number of anilines is 1. The minimum Gasteiger partial charge on any atom is -0.379 e. The van der Waals surface area contributed by atoms with E-state index in [4.69, 9.17) is 4.74 Å². The molecule has 1 aliphatic heterocycles. The molecule has 0 radical (unpaired) electrons. The Bertz CT molecular complexity index is 642. The van der Waals surface area contributed by atoms with Crippen LogP contribution < -0.4 is 10.3 Å². The van der Waals surface area contributed by atoms with Gasteiger partial charge >= 0.3 is 0 Å². The lowest BCUT2D eigenvalue weighted by atomic mass is 9.78. The van der Waals surface area contributed by atoms with E-state index in [9.17, 15) is 8.42 Å². The van der Waals surface area contributed by atoms with Gasteiger partial charge < -0.3 is 4.74 Å². The summed E-state index contributed by atoms with van der Waals surface area (Å²) in [5.41, 5.74) is 0. The van der Waals surface area contributed by atoms with Crippen molar-refractivity contribution in [3.63, 3.8) is 0 Å². The smallest absolute Gasteiger partial charge is 0.272 e. The molecule has 24 heavy (non-hydrogen) atoms. The topological polar surface area (TPSA) is 72.8 Å². The Balaban J connectivity index is 1.69. The fourth-order valence-electron chi connectivity index (χ4n) is 3.58. The van der Waals surface area contributed by atoms with Gasteiger partial charge in [-0.2, -0.15) is 4.31 Å². The molecule has 1 aromatic rings. The molecule has 7 heteroatoms. The van der Waals surface area contributed by atoms with E-state index >= 15 is 0 Å². The molecule has 0 bridgehead atoms. The third-order valence-corrected chi connectivity index (χ3v) is 7.33. The van der Waals surface area contributed by atoms with E-state index < -0.39 is 10.0 Å². The zero-order chi connectivity index (χ0) is 17.2. The van der Waals surface area contributed by atoms with Gasteiger partial charge in [-0.15, -0.1) is 0 Å². The SMILES string of the molecule is C[C@@H]1[C@H](C)CCC[C@H]1Nc1ccc(S(=O)(=O)N2CCOCC2)c[nH+]1. The van der Waals surface area contributed by atoms with E-state index in [2.05, 4.69) is 24.1 Å². The summed E-state index contributed by atoms with van der Waals surface area (Å²) in [6, 6.07) is 3.95. The molecule has 6 nitrogen and oxygen atoms in total. The Morgan fingerprint density at radius 2 is 1.96 bits per heavy atom. The molecule has 2 aliphatic rings. The van der Waals surface area contributed by atoms with E-state index in [-0.39, 0.29) is 0 Å². The Hall–Kier alpha value is -1.18. The van der Waals surface area contributed by atoms with Crippen molar-refractivity contribution in [3.8, 4) is 0 Å². The van der Waals surface area contributed by atoms with Gasteiger partial charge in [0.05, 0.1) is 19.3 Å². The summed E-state index contributed by atoms with van der Waals surface area (Å²) < 4.78 is 31.9. The maximum atomic E-state index is 12.6. The van der Waals surface area contributed by atoms with Crippen LogP contribution in [0.25, 0.3) is 0 Å². The predicted molar refractivity (Wildman–Crippen MR) is 92.2 cm³/mol. The number of ether oxygens (including phenoxy) is 1. The molecular weight excluding hydrogens is 326 g/mol. The Morgan fingerprint density at radius 3 is 2.62 bits per heavy atom. The molecule has 1 aromatic heterocycles. The molecule has 1 saturated carbocycles. The summed E-state index contributed by atoms with van der Waals surface area (Å²) in [5, 5.41) is 3.54. The van der Waals surface area contributed by atoms with E-state index in [1.165, 1.54) is 17.1 Å². The van der Waals surface area contributed by atoms with E-state index in [1.807, 2.05) is 6.07 Å². The number of pyridine rings is 1. The number of aromatic nitrogens is 1. The molecule has 2 fully saturated rings. The van der Waals surface area contributed by atoms with Crippen LogP contribution >= 0.6 is 0 Å². The van der Waals surface area contributed by atoms with Crippen molar-refractivity contribution in [3.05, 3.63) is 18.3 Å². The van der Waals surface area contributed by atoms with Crippen LogP contribution in [0.5, 0.6) is 0 Å². The fourth-order valence-corrected chi connectivity index (χ4v) is 4.96. The van der Waals surface area contributed by atoms with Crippen LogP contribution in [0.2, 0.25) is 0 Å². The molecule has 0 amide bonds. The van der Waals surface area contributed by atoms with Crippen LogP contribution in [-0.2, 0) is 14.8 Å². The van der Waals surface area contributed by atoms with Crippen LogP contribution in [0.1, 0.15) is 33.1 Å². The van der Waals surface area contributed by atoms with Gasteiger partial charge in [0, 0.05) is 19.2 Å². The lowest BCUT2D eigenvalue weighted by Crippen LogP contribution is -2.41. The number of nitrogens with one attached hydrogen (secondary N) is 2. The molecule has 1 saturated heterocycles. The van der Waals surface area contributed by atoms with Crippen molar-refractivity contribution in [2.75, 3.05) is 31.6 Å². The number of H-pyrrole nitrogens is 1. The highest BCUT2D eigenvalue weighted by Crippen LogP contribution is 2.31. The zero-order valence-corrected chi connectivity index (χ0v) is 15.3. The largest absolute Gasteiger partial charge is 0.379 e. The summed E-state index contributed by atoms with van der Waals surface area (Å²) in [6.45, 7) is 6.35. The van der Waals surface area contributed by atoms with Crippen LogP contribution in [-0.4, -0.2) is 45.1 Å². The number of rotatable bonds is 4. The summed E-state index contributed by atoms with van der Waals surface area (Å²) in [7, 11) is -3.44. The van der Waals surface area contributed by atoms with Crippen molar-refractivity contribution in [1.29, 1.82) is 0 Å². The van der Waals surface area contributed by atoms with E-state index in [1.54, 1.807) is 12.3 Å². The predicted octanol–water partition coefficient (Wildman–Crippen LogP) is 1.76. The van der Waals surface area contributed by atoms with Crippen molar-refractivity contribution in [2.24, 2.45) is 11.8 Å². The van der Waals surface area contributed by atoms with Gasteiger partial charge in [-0.05, 0) is 30.7 Å². The highest BCUT2D eigenvalue weighted by Gasteiger charge is 2.31. The first-order valence-electron chi connectivity index (χ1n) is 8.84. The third kappa shape index (κ3) is 3.73. The Kier molecular flexibility index (Phi) is 5.42. The second kappa shape index (κ2) is 7.37. The van der Waals surface area contributed by atoms with E-state index in [0.29, 0.717) is 43.2 Å². The number of nitrogens with zero attached hydrogens (tertiary/aromatic N) is 1. The lowest BCUT2D eigenvalue weighted by Gasteiger charge is -2.31. The standard InChI is InChI=1S/C17H27N3O3S/c1-13-4-3-5-16(14(13)2)19-17-7-6-15(12-18-17)24(21,22)20-8-10-23-11-9-20/h6-7,12-14,16H,3-5,8-11H2,1-2H3,(H,18,19)/p+1/t13-,14-,16-/m1/s1. The lowest BCUT2D eigenvalue weighted by molar-refractivity contribution is -0.364. The van der Waals surface area contributed by atoms with Gasteiger partial charge in [0.15, 0.2) is 0 Å². The van der Waals surface area contributed by atoms with Crippen molar-refractivity contribution in [2.45, 2.75) is 44.0 Å². The maximum Gasteiger partial charge on any atom is 0.272 e. The van der Waals surface area contributed by atoms with Gasteiger partial charge in [0.25, 0.3) is 5.82 Å². The number of hydrogen-bond donors (Lipinski definition) is 1. The summed E-state index contributed by atoms with van der Waals surface area (Å²) in [5.74, 6) is 2.21.